The SMILES string of the molecule is CCCCO[C@@H]1O[C@@H]2COS(=O)(=O)O[C@H]2[C@H](OCCCC)[C@H]1OCCCC. The van der Waals surface area contributed by atoms with Gasteiger partial charge in [-0.05, 0) is 19.3 Å². The van der Waals surface area contributed by atoms with Gasteiger partial charge in [-0.2, -0.15) is 8.42 Å². The molecule has 0 bridgehead atoms. The van der Waals surface area contributed by atoms with Crippen LogP contribution < -0.4 is 0 Å². The molecule has 0 radical (unpaired) electrons. The van der Waals surface area contributed by atoms with Crippen molar-refractivity contribution in [1.29, 1.82) is 0 Å². The average molecular weight is 411 g/mol. The molecule has 0 saturated carbocycles. The van der Waals surface area contributed by atoms with E-state index in [1.807, 2.05) is 0 Å². The second kappa shape index (κ2) is 11.6. The quantitative estimate of drug-likeness (QED) is 0.454. The lowest BCUT2D eigenvalue weighted by Crippen LogP contribution is -2.64. The fourth-order valence-electron chi connectivity index (χ4n) is 3.01. The van der Waals surface area contributed by atoms with Crippen molar-refractivity contribution < 1.29 is 35.7 Å². The van der Waals surface area contributed by atoms with Gasteiger partial charge in [0.25, 0.3) is 0 Å². The third-order valence-electron chi connectivity index (χ3n) is 4.59. The zero-order chi connectivity index (χ0) is 19.7. The van der Waals surface area contributed by atoms with E-state index in [-0.39, 0.29) is 6.61 Å². The minimum atomic E-state index is -4.06. The Morgan fingerprint density at radius 2 is 1.41 bits per heavy atom. The number of fused-ring (bicyclic) bond motifs is 1. The van der Waals surface area contributed by atoms with E-state index < -0.39 is 41.1 Å². The van der Waals surface area contributed by atoms with Crippen LogP contribution in [-0.4, -0.2) is 65.6 Å². The molecular formula is C18H34O8S. The molecule has 0 spiro atoms. The van der Waals surface area contributed by atoms with Crippen LogP contribution in [-0.2, 0) is 37.7 Å². The van der Waals surface area contributed by atoms with Crippen molar-refractivity contribution in [2.24, 2.45) is 0 Å². The highest BCUT2D eigenvalue weighted by atomic mass is 32.3. The molecule has 2 rings (SSSR count). The van der Waals surface area contributed by atoms with Gasteiger partial charge in [0.05, 0.1) is 6.61 Å². The summed E-state index contributed by atoms with van der Waals surface area (Å²) in [4.78, 5) is 0. The Kier molecular flexibility index (Phi) is 9.92. The molecule has 0 aromatic carbocycles. The maximum atomic E-state index is 11.8. The largest absolute Gasteiger partial charge is 0.400 e. The zero-order valence-corrected chi connectivity index (χ0v) is 17.4. The predicted octanol–water partition coefficient (Wildman–Crippen LogP) is 2.56. The molecule has 0 N–H and O–H groups in total. The number of unbranched alkanes of at least 4 members (excludes halogenated alkanes) is 3. The number of ether oxygens (including phenoxy) is 4. The van der Waals surface area contributed by atoms with Gasteiger partial charge < -0.3 is 18.9 Å². The van der Waals surface area contributed by atoms with Crippen LogP contribution in [0.2, 0.25) is 0 Å². The first-order chi connectivity index (χ1) is 13.0. The normalized spacial score (nSPS) is 32.9. The number of rotatable bonds is 12. The first-order valence-electron chi connectivity index (χ1n) is 10.1. The Balaban J connectivity index is 2.16. The minimum Gasteiger partial charge on any atom is -0.372 e. The summed E-state index contributed by atoms with van der Waals surface area (Å²) in [6.45, 7) is 7.66. The zero-order valence-electron chi connectivity index (χ0n) is 16.6. The maximum Gasteiger partial charge on any atom is 0.400 e. The van der Waals surface area contributed by atoms with E-state index in [0.717, 1.165) is 38.5 Å². The Hall–Kier alpha value is -0.290. The predicted molar refractivity (Wildman–Crippen MR) is 98.6 cm³/mol. The van der Waals surface area contributed by atoms with Crippen molar-refractivity contribution in [1.82, 2.24) is 0 Å². The van der Waals surface area contributed by atoms with Crippen LogP contribution in [0.3, 0.4) is 0 Å². The summed E-state index contributed by atoms with van der Waals surface area (Å²) in [5.41, 5.74) is 0. The van der Waals surface area contributed by atoms with Gasteiger partial charge in [-0.1, -0.05) is 40.0 Å². The van der Waals surface area contributed by atoms with E-state index in [2.05, 4.69) is 20.8 Å². The fourth-order valence-corrected chi connectivity index (χ4v) is 3.88. The van der Waals surface area contributed by atoms with Crippen molar-refractivity contribution in [2.45, 2.75) is 90.0 Å². The number of hydrogen-bond donors (Lipinski definition) is 0. The van der Waals surface area contributed by atoms with Gasteiger partial charge in [0.15, 0.2) is 6.29 Å². The molecule has 2 fully saturated rings. The molecule has 9 heteroatoms. The Labute approximate surface area is 163 Å². The van der Waals surface area contributed by atoms with Gasteiger partial charge in [-0.15, -0.1) is 0 Å². The molecule has 0 amide bonds. The second-order valence-corrected chi connectivity index (χ2v) is 8.14. The molecule has 8 nitrogen and oxygen atoms in total. The molecule has 27 heavy (non-hydrogen) atoms. The molecule has 2 heterocycles. The monoisotopic (exact) mass is 410 g/mol. The van der Waals surface area contributed by atoms with E-state index in [1.165, 1.54) is 0 Å². The third kappa shape index (κ3) is 6.92. The van der Waals surface area contributed by atoms with Crippen molar-refractivity contribution >= 4 is 10.4 Å². The van der Waals surface area contributed by atoms with Crippen molar-refractivity contribution in [3.8, 4) is 0 Å². The van der Waals surface area contributed by atoms with Crippen LogP contribution in [0.5, 0.6) is 0 Å². The van der Waals surface area contributed by atoms with Gasteiger partial charge in [0.2, 0.25) is 0 Å². The smallest absolute Gasteiger partial charge is 0.372 e. The summed E-state index contributed by atoms with van der Waals surface area (Å²) < 4.78 is 57.6. The summed E-state index contributed by atoms with van der Waals surface area (Å²) in [5, 5.41) is 0. The van der Waals surface area contributed by atoms with E-state index >= 15 is 0 Å². The summed E-state index contributed by atoms with van der Waals surface area (Å²) in [6.07, 6.45) is 2.41. The molecule has 2 aliphatic rings. The molecule has 2 aliphatic heterocycles. The fraction of sp³-hybridized carbons (Fsp3) is 1.00. The molecule has 2 saturated heterocycles. The summed E-state index contributed by atoms with van der Waals surface area (Å²) in [6, 6.07) is 0. The lowest BCUT2D eigenvalue weighted by molar-refractivity contribution is -0.317. The molecule has 5 atom stereocenters. The molecule has 0 aromatic rings. The summed E-state index contributed by atoms with van der Waals surface area (Å²) in [5.74, 6) is 0. The molecule has 160 valence electrons. The lowest BCUT2D eigenvalue weighted by Gasteiger charge is -2.46. The molecular weight excluding hydrogens is 376 g/mol. The standard InChI is InChI=1S/C18H34O8S/c1-4-7-10-21-16-15-14(13-24-27(19,20)26-15)25-18(23-12-9-6-3)17(16)22-11-8-5-2/h14-18H,4-13H2,1-3H3/t14-,15-,16+,17-,18-/m1/s1. The molecule has 0 aromatic heterocycles. The van der Waals surface area contributed by atoms with Gasteiger partial charge in [-0.25, -0.2) is 8.37 Å². The van der Waals surface area contributed by atoms with Crippen molar-refractivity contribution in [3.05, 3.63) is 0 Å². The topological polar surface area (TPSA) is 89.5 Å². The van der Waals surface area contributed by atoms with Gasteiger partial charge in [0, 0.05) is 19.8 Å². The minimum absolute atomic E-state index is 0.115. The van der Waals surface area contributed by atoms with Crippen LogP contribution in [0.25, 0.3) is 0 Å². The summed E-state index contributed by atoms with van der Waals surface area (Å²) in [7, 11) is -4.06. The van der Waals surface area contributed by atoms with Crippen molar-refractivity contribution in [3.63, 3.8) is 0 Å². The Morgan fingerprint density at radius 3 is 2.00 bits per heavy atom. The Morgan fingerprint density at radius 1 is 0.852 bits per heavy atom. The van der Waals surface area contributed by atoms with E-state index in [1.54, 1.807) is 0 Å². The molecule has 0 aliphatic carbocycles. The summed E-state index contributed by atoms with van der Waals surface area (Å²) >= 11 is 0. The maximum absolute atomic E-state index is 11.8. The first-order valence-corrected chi connectivity index (χ1v) is 11.4. The highest BCUT2D eigenvalue weighted by Crippen LogP contribution is 2.33. The van der Waals surface area contributed by atoms with Crippen molar-refractivity contribution in [2.75, 3.05) is 26.4 Å². The first kappa shape index (κ1) is 23.0. The molecule has 0 unspecified atom stereocenters. The highest BCUT2D eigenvalue weighted by molar-refractivity contribution is 7.81. The highest BCUT2D eigenvalue weighted by Gasteiger charge is 2.53. The average Bonchev–Trinajstić information content (AvgIpc) is 2.63. The van der Waals surface area contributed by atoms with E-state index in [4.69, 9.17) is 27.3 Å². The second-order valence-electron chi connectivity index (χ2n) is 6.90. The van der Waals surface area contributed by atoms with Gasteiger partial charge in [0.1, 0.15) is 24.4 Å². The number of hydrogen-bond acceptors (Lipinski definition) is 8. The van der Waals surface area contributed by atoms with Crippen LogP contribution in [0.4, 0.5) is 0 Å². The van der Waals surface area contributed by atoms with Crippen LogP contribution in [0.15, 0.2) is 0 Å². The van der Waals surface area contributed by atoms with Gasteiger partial charge in [-0.3, -0.25) is 0 Å². The Bertz CT molecular complexity index is 511. The van der Waals surface area contributed by atoms with Gasteiger partial charge >= 0.3 is 10.4 Å². The van der Waals surface area contributed by atoms with Crippen LogP contribution in [0.1, 0.15) is 59.3 Å². The lowest BCUT2D eigenvalue weighted by atomic mass is 9.98. The van der Waals surface area contributed by atoms with E-state index in [0.29, 0.717) is 19.8 Å². The van der Waals surface area contributed by atoms with E-state index in [9.17, 15) is 8.42 Å². The van der Waals surface area contributed by atoms with Crippen LogP contribution in [0, 0.1) is 0 Å². The third-order valence-corrected chi connectivity index (χ3v) is 5.48. The van der Waals surface area contributed by atoms with Crippen LogP contribution >= 0.6 is 0 Å².